The first-order valence-corrected chi connectivity index (χ1v) is 10.3. The molecule has 1 saturated heterocycles. The van der Waals surface area contributed by atoms with E-state index in [-0.39, 0.29) is 24.5 Å². The predicted octanol–water partition coefficient (Wildman–Crippen LogP) is 3.67. The van der Waals surface area contributed by atoms with Crippen LogP contribution in [-0.2, 0) is 4.79 Å². The Morgan fingerprint density at radius 2 is 1.89 bits per heavy atom. The van der Waals surface area contributed by atoms with Crippen molar-refractivity contribution in [2.45, 2.75) is 38.6 Å². The van der Waals surface area contributed by atoms with E-state index in [2.05, 4.69) is 19.2 Å². The van der Waals surface area contributed by atoms with Gasteiger partial charge in [-0.1, -0.05) is 26.0 Å². The Kier molecular flexibility index (Phi) is 6.50. The van der Waals surface area contributed by atoms with Crippen LogP contribution in [0.25, 0.3) is 0 Å². The van der Waals surface area contributed by atoms with Gasteiger partial charge in [0.15, 0.2) is 6.61 Å². The first kappa shape index (κ1) is 19.4. The average molecular weight is 387 g/mol. The van der Waals surface area contributed by atoms with Crippen LogP contribution in [0.2, 0.25) is 0 Å². The normalized spacial score (nSPS) is 15.0. The van der Waals surface area contributed by atoms with E-state index in [0.29, 0.717) is 30.3 Å². The number of hydrogen-bond acceptors (Lipinski definition) is 4. The van der Waals surface area contributed by atoms with Gasteiger partial charge in [-0.2, -0.15) is 11.3 Å². The van der Waals surface area contributed by atoms with Crippen LogP contribution in [0, 0.1) is 0 Å². The Balaban J connectivity index is 1.41. The molecule has 1 N–H and O–H groups in total. The molecule has 1 aromatic heterocycles. The summed E-state index contributed by atoms with van der Waals surface area (Å²) in [5, 5.41) is 6.79. The van der Waals surface area contributed by atoms with Gasteiger partial charge >= 0.3 is 0 Å². The number of benzene rings is 1. The van der Waals surface area contributed by atoms with Gasteiger partial charge in [0.25, 0.3) is 11.8 Å². The zero-order valence-electron chi connectivity index (χ0n) is 15.8. The Morgan fingerprint density at radius 3 is 2.48 bits per heavy atom. The Labute approximate surface area is 164 Å². The highest BCUT2D eigenvalue weighted by molar-refractivity contribution is 7.08. The molecule has 0 atom stereocenters. The van der Waals surface area contributed by atoms with Crippen LogP contribution in [0.3, 0.4) is 0 Å². The second kappa shape index (κ2) is 9.04. The first-order chi connectivity index (χ1) is 13.0. The number of hydrogen-bond donors (Lipinski definition) is 1. The number of nitrogens with one attached hydrogen (secondary N) is 1. The van der Waals surface area contributed by atoms with Crippen molar-refractivity contribution in [2.24, 2.45) is 0 Å². The number of rotatable bonds is 6. The van der Waals surface area contributed by atoms with Crippen LogP contribution >= 0.6 is 11.3 Å². The number of amides is 2. The molecule has 0 saturated carbocycles. The summed E-state index contributed by atoms with van der Waals surface area (Å²) in [5.41, 5.74) is 1.95. The van der Waals surface area contributed by atoms with Crippen LogP contribution in [0.15, 0.2) is 41.1 Å². The van der Waals surface area contributed by atoms with E-state index in [1.165, 1.54) is 16.9 Å². The summed E-state index contributed by atoms with van der Waals surface area (Å²) in [6.07, 6.45) is 1.54. The summed E-state index contributed by atoms with van der Waals surface area (Å²) in [5.74, 6) is 1.15. The topological polar surface area (TPSA) is 58.6 Å². The molecule has 0 unspecified atom stereocenters. The van der Waals surface area contributed by atoms with Crippen LogP contribution in [-0.4, -0.2) is 42.5 Å². The molecular weight excluding hydrogens is 360 g/mol. The predicted molar refractivity (Wildman–Crippen MR) is 107 cm³/mol. The second-order valence-corrected chi connectivity index (χ2v) is 7.93. The second-order valence-electron chi connectivity index (χ2n) is 7.15. The summed E-state index contributed by atoms with van der Waals surface area (Å²) in [7, 11) is 0. The molecule has 1 fully saturated rings. The number of thiophene rings is 1. The quantitative estimate of drug-likeness (QED) is 0.824. The van der Waals surface area contributed by atoms with Gasteiger partial charge in [-0.05, 0) is 47.9 Å². The molecule has 5 nitrogen and oxygen atoms in total. The van der Waals surface area contributed by atoms with E-state index in [4.69, 9.17) is 4.74 Å². The molecule has 0 radical (unpaired) electrons. The third-order valence-electron chi connectivity index (χ3n) is 4.88. The summed E-state index contributed by atoms with van der Waals surface area (Å²) < 4.78 is 5.64. The highest BCUT2D eigenvalue weighted by Gasteiger charge is 2.24. The van der Waals surface area contributed by atoms with Gasteiger partial charge in [-0.3, -0.25) is 9.59 Å². The summed E-state index contributed by atoms with van der Waals surface area (Å²) >= 11 is 1.51. The molecule has 2 aromatic rings. The number of nitrogens with zero attached hydrogens (tertiary/aromatic N) is 1. The van der Waals surface area contributed by atoms with Gasteiger partial charge in [0.1, 0.15) is 5.75 Å². The fourth-order valence-electron chi connectivity index (χ4n) is 3.12. The number of ether oxygens (including phenoxy) is 1. The van der Waals surface area contributed by atoms with Crippen molar-refractivity contribution in [3.05, 3.63) is 52.2 Å². The number of likely N-dealkylation sites (tertiary alicyclic amines) is 1. The summed E-state index contributed by atoms with van der Waals surface area (Å²) in [6, 6.07) is 9.83. The molecule has 1 aliphatic heterocycles. The standard InChI is InChI=1S/C21H26N2O3S/c1-15(2)16-3-5-19(6-4-16)26-13-20(24)23-10-7-18(8-11-23)22-21(25)17-9-12-27-14-17/h3-6,9,12,14-15,18H,7-8,10-11,13H2,1-2H3,(H,22,25). The molecule has 1 aromatic carbocycles. The van der Waals surface area contributed by atoms with Crippen molar-refractivity contribution < 1.29 is 14.3 Å². The fraction of sp³-hybridized carbons (Fsp3) is 0.429. The maximum Gasteiger partial charge on any atom is 0.260 e. The third-order valence-corrected chi connectivity index (χ3v) is 5.56. The first-order valence-electron chi connectivity index (χ1n) is 9.36. The van der Waals surface area contributed by atoms with E-state index >= 15 is 0 Å². The number of carbonyl (C=O) groups is 2. The van der Waals surface area contributed by atoms with Gasteiger partial charge in [0.2, 0.25) is 0 Å². The van der Waals surface area contributed by atoms with Crippen molar-refractivity contribution in [1.82, 2.24) is 10.2 Å². The highest BCUT2D eigenvalue weighted by atomic mass is 32.1. The Morgan fingerprint density at radius 1 is 1.19 bits per heavy atom. The molecule has 0 aliphatic carbocycles. The molecule has 3 rings (SSSR count). The Hall–Kier alpha value is -2.34. The summed E-state index contributed by atoms with van der Waals surface area (Å²) in [4.78, 5) is 26.3. The fourth-order valence-corrected chi connectivity index (χ4v) is 3.76. The van der Waals surface area contributed by atoms with Gasteiger partial charge < -0.3 is 15.0 Å². The van der Waals surface area contributed by atoms with Gasteiger partial charge in [-0.25, -0.2) is 0 Å². The highest BCUT2D eigenvalue weighted by Crippen LogP contribution is 2.19. The van der Waals surface area contributed by atoms with Crippen molar-refractivity contribution >= 4 is 23.2 Å². The smallest absolute Gasteiger partial charge is 0.260 e. The monoisotopic (exact) mass is 386 g/mol. The van der Waals surface area contributed by atoms with Gasteiger partial charge in [0, 0.05) is 30.1 Å². The van der Waals surface area contributed by atoms with Crippen LogP contribution < -0.4 is 10.1 Å². The lowest BCUT2D eigenvalue weighted by Crippen LogP contribution is -2.47. The van der Waals surface area contributed by atoms with Gasteiger partial charge in [-0.15, -0.1) is 0 Å². The SMILES string of the molecule is CC(C)c1ccc(OCC(=O)N2CCC(NC(=O)c3ccsc3)CC2)cc1. The molecule has 27 heavy (non-hydrogen) atoms. The Bertz CT molecular complexity index is 748. The molecule has 144 valence electrons. The van der Waals surface area contributed by atoms with Crippen LogP contribution in [0.5, 0.6) is 5.75 Å². The largest absolute Gasteiger partial charge is 0.484 e. The van der Waals surface area contributed by atoms with Crippen molar-refractivity contribution in [1.29, 1.82) is 0 Å². The van der Waals surface area contributed by atoms with E-state index in [1.807, 2.05) is 46.0 Å². The molecule has 1 aliphatic rings. The van der Waals surface area contributed by atoms with Gasteiger partial charge in [0.05, 0.1) is 0 Å². The molecular formula is C21H26N2O3S. The van der Waals surface area contributed by atoms with Crippen LogP contribution in [0.4, 0.5) is 0 Å². The van der Waals surface area contributed by atoms with E-state index < -0.39 is 0 Å². The van der Waals surface area contributed by atoms with E-state index in [0.717, 1.165) is 12.8 Å². The molecule has 6 heteroatoms. The zero-order valence-corrected chi connectivity index (χ0v) is 16.6. The number of piperidine rings is 1. The molecule has 0 bridgehead atoms. The van der Waals surface area contributed by atoms with Crippen LogP contribution in [0.1, 0.15) is 48.5 Å². The molecule has 2 heterocycles. The lowest BCUT2D eigenvalue weighted by atomic mass is 10.0. The third kappa shape index (κ3) is 5.32. The lowest BCUT2D eigenvalue weighted by Gasteiger charge is -2.32. The van der Waals surface area contributed by atoms with Crippen molar-refractivity contribution in [3.63, 3.8) is 0 Å². The minimum atomic E-state index is -0.0331. The lowest BCUT2D eigenvalue weighted by molar-refractivity contribution is -0.134. The summed E-state index contributed by atoms with van der Waals surface area (Å²) in [6.45, 7) is 5.62. The molecule has 2 amide bonds. The maximum atomic E-state index is 12.4. The zero-order chi connectivity index (χ0) is 19.2. The van der Waals surface area contributed by atoms with E-state index in [9.17, 15) is 9.59 Å². The minimum Gasteiger partial charge on any atom is -0.484 e. The molecule has 0 spiro atoms. The number of carbonyl (C=O) groups excluding carboxylic acids is 2. The van der Waals surface area contributed by atoms with E-state index in [1.54, 1.807) is 0 Å². The maximum absolute atomic E-state index is 12.4. The average Bonchev–Trinajstić information content (AvgIpc) is 3.22. The van der Waals surface area contributed by atoms with Crippen molar-refractivity contribution in [3.8, 4) is 5.75 Å². The van der Waals surface area contributed by atoms with Crippen molar-refractivity contribution in [2.75, 3.05) is 19.7 Å². The minimum absolute atomic E-state index is 0.00875.